The minimum Gasteiger partial charge on any atom is -0.507 e. The van der Waals surface area contributed by atoms with Crippen LogP contribution in [0.1, 0.15) is 222 Å². The normalized spacial score (nSPS) is 14.8. The predicted octanol–water partition coefficient (Wildman–Crippen LogP) is 15.5. The summed E-state index contributed by atoms with van der Waals surface area (Å²) in [6.45, 7) is 55.2. The Kier molecular flexibility index (Phi) is 19.6. The maximum absolute atomic E-state index is 15.8. The number of allylic oxidation sites excluding steroid dienone is 4. The first-order valence-electron chi connectivity index (χ1n) is 28.8. The maximum Gasteiger partial charge on any atom is 0.279 e. The van der Waals surface area contributed by atoms with Crippen molar-refractivity contribution in [3.05, 3.63) is 146 Å². The lowest BCUT2D eigenvalue weighted by atomic mass is 9.67. The largest absolute Gasteiger partial charge is 0.507 e. The third kappa shape index (κ3) is 15.2. The number of aromatic hydroxyl groups is 3. The minimum atomic E-state index is -1.87. The van der Waals surface area contributed by atoms with Gasteiger partial charge in [0.25, 0.3) is 5.91 Å². The summed E-state index contributed by atoms with van der Waals surface area (Å²) in [5.41, 5.74) is 0.263. The van der Waals surface area contributed by atoms with Crippen LogP contribution in [0.2, 0.25) is 0 Å². The van der Waals surface area contributed by atoms with Gasteiger partial charge in [0.2, 0.25) is 17.7 Å². The fraction of sp³-hybridized carbons (Fsp3) is 0.521. The molecular weight excluding hydrogens is 1040 g/mol. The summed E-state index contributed by atoms with van der Waals surface area (Å²) in [5.74, 6) is -4.80. The van der Waals surface area contributed by atoms with Gasteiger partial charge in [0.15, 0.2) is 5.41 Å². The summed E-state index contributed by atoms with van der Waals surface area (Å²) in [6, 6.07) is 15.0. The third-order valence-electron chi connectivity index (χ3n) is 15.6. The molecule has 0 aromatic heterocycles. The van der Waals surface area contributed by atoms with Gasteiger partial charge in [0, 0.05) is 41.9 Å². The van der Waals surface area contributed by atoms with E-state index >= 15 is 19.2 Å². The van der Waals surface area contributed by atoms with Crippen molar-refractivity contribution in [3.8, 4) is 29.4 Å². The van der Waals surface area contributed by atoms with Crippen molar-refractivity contribution in [2.24, 2.45) is 16.7 Å². The van der Waals surface area contributed by atoms with Crippen LogP contribution in [0.3, 0.4) is 0 Å². The molecule has 1 aliphatic rings. The second-order valence-corrected chi connectivity index (χ2v) is 30.1. The number of amides is 4. The van der Waals surface area contributed by atoms with Crippen LogP contribution in [0.5, 0.6) is 17.2 Å². The average Bonchev–Trinajstić information content (AvgIpc) is 3.51. The van der Waals surface area contributed by atoms with E-state index in [4.69, 9.17) is 0 Å². The van der Waals surface area contributed by atoms with Crippen LogP contribution < -0.4 is 0 Å². The summed E-state index contributed by atoms with van der Waals surface area (Å²) < 4.78 is 0. The Morgan fingerprint density at radius 1 is 0.470 bits per heavy atom. The van der Waals surface area contributed by atoms with Gasteiger partial charge < -0.3 is 20.4 Å². The maximum atomic E-state index is 15.8. The molecule has 3 aromatic carbocycles. The highest BCUT2D eigenvalue weighted by atomic mass is 16.3. The number of aliphatic hydroxyl groups is 1. The van der Waals surface area contributed by atoms with E-state index in [0.717, 1.165) is 0 Å². The van der Waals surface area contributed by atoms with Gasteiger partial charge in [-0.05, 0) is 125 Å². The number of nitriles is 2. The van der Waals surface area contributed by atoms with E-state index in [1.165, 1.54) is 13.0 Å². The number of nitrogens with zero attached hydrogens (tertiary/aromatic N) is 4. The molecule has 0 aliphatic heterocycles. The van der Waals surface area contributed by atoms with Gasteiger partial charge in [-0.2, -0.15) is 20.5 Å². The Labute approximate surface area is 497 Å². The Morgan fingerprint density at radius 2 is 0.735 bits per heavy atom. The van der Waals surface area contributed by atoms with E-state index < -0.39 is 84.9 Å². The second-order valence-electron chi connectivity index (χ2n) is 30.1. The molecule has 12 nitrogen and oxygen atoms in total. The Balaban J connectivity index is 2.06. The number of phenolic OH excluding ortho intramolecular Hbond substituents is 3. The number of aryl methyl sites for hydroxylation is 3. The van der Waals surface area contributed by atoms with Crippen molar-refractivity contribution < 1.29 is 39.6 Å². The number of carbonyl (C=O) groups is 4. The monoisotopic (exact) mass is 1130 g/mol. The summed E-state index contributed by atoms with van der Waals surface area (Å²) in [6.07, 6.45) is 0.384. The molecule has 4 rings (SSSR count). The number of hydrogen-bond donors (Lipinski definition) is 4. The molecule has 1 atom stereocenters. The molecule has 3 aromatic rings. The lowest BCUT2D eigenvalue weighted by Crippen LogP contribution is -2.56. The molecule has 4 amide bonds. The predicted molar refractivity (Wildman–Crippen MR) is 333 cm³/mol. The first-order chi connectivity index (χ1) is 37.4. The van der Waals surface area contributed by atoms with Crippen LogP contribution in [-0.4, -0.2) is 54.1 Å². The minimum absolute atomic E-state index is 0.0154. The lowest BCUT2D eigenvalue weighted by Gasteiger charge is -2.37. The van der Waals surface area contributed by atoms with Crippen molar-refractivity contribution in [1.29, 1.82) is 10.5 Å². The number of carbonyl (C=O) groups excluding carboxylic acids is 4. The zero-order valence-corrected chi connectivity index (χ0v) is 54.2. The van der Waals surface area contributed by atoms with Gasteiger partial charge in [-0.3, -0.25) is 19.2 Å². The van der Waals surface area contributed by atoms with Crippen molar-refractivity contribution in [2.75, 3.05) is 0 Å². The fourth-order valence-corrected chi connectivity index (χ4v) is 10.6. The van der Waals surface area contributed by atoms with Crippen LogP contribution >= 0.6 is 0 Å². The molecule has 1 aliphatic carbocycles. The van der Waals surface area contributed by atoms with E-state index in [0.29, 0.717) is 65.7 Å². The molecule has 1 unspecified atom stereocenters. The number of rotatable bonds is 13. The molecule has 0 fully saturated rings. The van der Waals surface area contributed by atoms with Crippen molar-refractivity contribution in [1.82, 2.24) is 10.0 Å². The quantitative estimate of drug-likeness (QED) is 0.0724. The molecule has 448 valence electrons. The summed E-state index contributed by atoms with van der Waals surface area (Å²) in [5, 5.41) is 68.5. The van der Waals surface area contributed by atoms with Gasteiger partial charge in [-0.1, -0.05) is 208 Å². The van der Waals surface area contributed by atoms with Gasteiger partial charge in [-0.15, -0.1) is 0 Å². The number of imide groups is 2. The van der Waals surface area contributed by atoms with Crippen molar-refractivity contribution in [3.63, 3.8) is 0 Å². The van der Waals surface area contributed by atoms with Gasteiger partial charge in [0.05, 0.1) is 12.1 Å². The van der Waals surface area contributed by atoms with E-state index in [1.807, 2.05) is 194 Å². The highest BCUT2D eigenvalue weighted by Gasteiger charge is 2.44. The molecule has 83 heavy (non-hydrogen) atoms. The molecule has 4 N–H and O–H groups in total. The standard InChI is InChI=1S/C71H96N4O8/c1-41(47-38-54(71(25,39-72)40-73)62(82)58(43(47)3)70(22,23)24)42(2)63(83)75(57(78)31-28-46-36-52(68(16,17)18)61(81)53(37-46)69(19,20)21)74(55(76)29-26-44-32-48(64(4,5)6)59(79)49(33-44)65(7,8)9)56(77)30-27-45-34-50(66(10,11)12)60(80)51(35-45)67(13,14)15/h32-38,47,79-82H,1-3,26-31H2,4-25H3. The number of phenols is 3. The van der Waals surface area contributed by atoms with E-state index in [1.54, 1.807) is 0 Å². The SMILES string of the molecule is C=C(C(=C)C1C=C(C(C)(C#N)C#N)C(O)=C(C(C)(C)C)C1=C)C(=O)N(C(=O)CCc1cc(C(C)(C)C)c(O)c(C(C)(C)C)c1)N(C(=O)CCc1cc(C(C)(C)C)c(O)c(C(C)(C)C)c1)C(=O)CCc1cc(C(C)(C)C)c(O)c(C(C)(C)C)c1. The third-order valence-corrected chi connectivity index (χ3v) is 15.6. The Hall–Kier alpha value is -7.18. The number of hydrazine groups is 1. The molecule has 12 heteroatoms. The van der Waals surface area contributed by atoms with Crippen molar-refractivity contribution in [2.45, 2.75) is 223 Å². The summed E-state index contributed by atoms with van der Waals surface area (Å²) in [4.78, 5) is 62.4. The van der Waals surface area contributed by atoms with Crippen LogP contribution in [0.25, 0.3) is 0 Å². The van der Waals surface area contributed by atoms with E-state index in [2.05, 4.69) is 19.7 Å². The van der Waals surface area contributed by atoms with Crippen molar-refractivity contribution >= 4 is 23.6 Å². The van der Waals surface area contributed by atoms with Gasteiger partial charge in [0.1, 0.15) is 23.0 Å². The lowest BCUT2D eigenvalue weighted by molar-refractivity contribution is -0.178. The number of aliphatic hydroxyl groups excluding tert-OH is 1. The topological polar surface area (TPSA) is 203 Å². The molecule has 0 saturated carbocycles. The fourth-order valence-electron chi connectivity index (χ4n) is 10.6. The summed E-state index contributed by atoms with van der Waals surface area (Å²) in [7, 11) is 0. The first kappa shape index (κ1) is 68.3. The second kappa shape index (κ2) is 23.8. The van der Waals surface area contributed by atoms with Crippen LogP contribution in [0, 0.1) is 39.4 Å². The zero-order valence-electron chi connectivity index (χ0n) is 54.2. The molecule has 0 spiro atoms. The molecule has 0 radical (unpaired) electrons. The Bertz CT molecular complexity index is 3060. The molecule has 0 bridgehead atoms. The van der Waals surface area contributed by atoms with Crippen LogP contribution in [0.4, 0.5) is 0 Å². The smallest absolute Gasteiger partial charge is 0.279 e. The van der Waals surface area contributed by atoms with E-state index in [9.17, 15) is 30.9 Å². The molecular formula is C71H96N4O8. The highest BCUT2D eigenvalue weighted by molar-refractivity contribution is 6.10. The van der Waals surface area contributed by atoms with E-state index in [-0.39, 0.29) is 71.8 Å². The summed E-state index contributed by atoms with van der Waals surface area (Å²) >= 11 is 0. The van der Waals surface area contributed by atoms with Crippen LogP contribution in [0.15, 0.2) is 95.8 Å². The molecule has 0 heterocycles. The Morgan fingerprint density at radius 3 is 0.976 bits per heavy atom. The number of hydrogen-bond acceptors (Lipinski definition) is 10. The molecule has 0 saturated heterocycles. The number of benzene rings is 3. The zero-order chi connectivity index (χ0) is 64.0. The average molecular weight is 1130 g/mol. The van der Waals surface area contributed by atoms with Gasteiger partial charge >= 0.3 is 0 Å². The van der Waals surface area contributed by atoms with Gasteiger partial charge in [-0.25, -0.2) is 0 Å². The first-order valence-corrected chi connectivity index (χ1v) is 28.8. The highest BCUT2D eigenvalue weighted by Crippen LogP contribution is 2.49. The van der Waals surface area contributed by atoms with Crippen LogP contribution in [-0.2, 0) is 70.9 Å².